The Morgan fingerprint density at radius 2 is 1.71 bits per heavy atom. The third-order valence-corrected chi connectivity index (χ3v) is 6.10. The van der Waals surface area contributed by atoms with Gasteiger partial charge in [0.05, 0.1) is 14.2 Å². The SMILES string of the molecule is COc1cc2c(cc1OC)/C(=C/C(=O)C1CCN(C(=O)c3ccccc3)CC1)NCC2. The number of carbonyl (C=O) groups is 2. The molecule has 0 saturated carbocycles. The average Bonchev–Trinajstić information content (AvgIpc) is 2.83. The molecular weight excluding hydrogens is 392 g/mol. The number of benzene rings is 2. The molecule has 2 aromatic carbocycles. The van der Waals surface area contributed by atoms with Gasteiger partial charge in [-0.3, -0.25) is 9.59 Å². The molecule has 2 aliphatic heterocycles. The van der Waals surface area contributed by atoms with Gasteiger partial charge in [-0.25, -0.2) is 0 Å². The predicted octanol–water partition coefficient (Wildman–Crippen LogP) is 3.31. The summed E-state index contributed by atoms with van der Waals surface area (Å²) in [6.07, 6.45) is 3.95. The van der Waals surface area contributed by atoms with Crippen molar-refractivity contribution in [3.05, 3.63) is 65.2 Å². The lowest BCUT2D eigenvalue weighted by atomic mass is 9.90. The van der Waals surface area contributed by atoms with Crippen LogP contribution in [0, 0.1) is 5.92 Å². The molecule has 6 heteroatoms. The number of piperidine rings is 1. The maximum absolute atomic E-state index is 13.0. The van der Waals surface area contributed by atoms with E-state index in [1.165, 1.54) is 0 Å². The Hall–Kier alpha value is -3.28. The van der Waals surface area contributed by atoms with Crippen molar-refractivity contribution in [2.24, 2.45) is 5.92 Å². The molecule has 0 radical (unpaired) electrons. The Labute approximate surface area is 182 Å². The highest BCUT2D eigenvalue weighted by molar-refractivity contribution is 5.99. The number of ketones is 1. The summed E-state index contributed by atoms with van der Waals surface area (Å²) in [4.78, 5) is 27.5. The lowest BCUT2D eigenvalue weighted by Gasteiger charge is -2.31. The van der Waals surface area contributed by atoms with E-state index in [2.05, 4.69) is 5.32 Å². The molecule has 2 heterocycles. The Morgan fingerprint density at radius 3 is 2.39 bits per heavy atom. The minimum Gasteiger partial charge on any atom is -0.493 e. The number of fused-ring (bicyclic) bond motifs is 1. The number of amides is 1. The zero-order valence-corrected chi connectivity index (χ0v) is 18.0. The van der Waals surface area contributed by atoms with Gasteiger partial charge < -0.3 is 19.7 Å². The van der Waals surface area contributed by atoms with Gasteiger partial charge in [0.1, 0.15) is 0 Å². The highest BCUT2D eigenvalue weighted by Gasteiger charge is 2.28. The Morgan fingerprint density at radius 1 is 1.03 bits per heavy atom. The maximum atomic E-state index is 13.0. The van der Waals surface area contributed by atoms with Crippen LogP contribution in [0.1, 0.15) is 34.3 Å². The van der Waals surface area contributed by atoms with Gasteiger partial charge in [-0.1, -0.05) is 18.2 Å². The second-order valence-corrected chi connectivity index (χ2v) is 7.93. The predicted molar refractivity (Wildman–Crippen MR) is 119 cm³/mol. The van der Waals surface area contributed by atoms with E-state index in [9.17, 15) is 9.59 Å². The van der Waals surface area contributed by atoms with Crippen LogP contribution in [0.4, 0.5) is 0 Å². The zero-order valence-electron chi connectivity index (χ0n) is 18.0. The lowest BCUT2D eigenvalue weighted by molar-refractivity contribution is -0.119. The van der Waals surface area contributed by atoms with E-state index in [0.29, 0.717) is 43.0 Å². The third-order valence-electron chi connectivity index (χ3n) is 6.10. The first-order valence-electron chi connectivity index (χ1n) is 10.7. The number of nitrogens with one attached hydrogen (secondary N) is 1. The molecule has 1 N–H and O–H groups in total. The van der Waals surface area contributed by atoms with E-state index in [1.807, 2.05) is 47.4 Å². The number of methoxy groups -OCH3 is 2. The largest absolute Gasteiger partial charge is 0.493 e. The van der Waals surface area contributed by atoms with E-state index in [4.69, 9.17) is 9.47 Å². The Bertz CT molecular complexity index is 992. The van der Waals surface area contributed by atoms with Crippen LogP contribution in [0.15, 0.2) is 48.5 Å². The molecular formula is C25H28N2O4. The van der Waals surface area contributed by atoms with Crippen LogP contribution >= 0.6 is 0 Å². The summed E-state index contributed by atoms with van der Waals surface area (Å²) >= 11 is 0. The van der Waals surface area contributed by atoms with Gasteiger partial charge in [-0.15, -0.1) is 0 Å². The molecule has 6 nitrogen and oxygen atoms in total. The normalized spacial score (nSPS) is 17.6. The van der Waals surface area contributed by atoms with Crippen molar-refractivity contribution in [3.63, 3.8) is 0 Å². The van der Waals surface area contributed by atoms with Crippen molar-refractivity contribution >= 4 is 17.4 Å². The van der Waals surface area contributed by atoms with Crippen LogP contribution in [0.2, 0.25) is 0 Å². The van der Waals surface area contributed by atoms with Gasteiger partial charge in [0.15, 0.2) is 17.3 Å². The van der Waals surface area contributed by atoms with Crippen molar-refractivity contribution in [2.75, 3.05) is 33.9 Å². The van der Waals surface area contributed by atoms with E-state index in [1.54, 1.807) is 20.3 Å². The number of carbonyl (C=O) groups excluding carboxylic acids is 2. The van der Waals surface area contributed by atoms with Crippen LogP contribution < -0.4 is 14.8 Å². The first-order chi connectivity index (χ1) is 15.1. The molecule has 31 heavy (non-hydrogen) atoms. The van der Waals surface area contributed by atoms with Crippen molar-refractivity contribution in [3.8, 4) is 11.5 Å². The molecule has 1 amide bonds. The second-order valence-electron chi connectivity index (χ2n) is 7.93. The molecule has 0 atom stereocenters. The fraction of sp³-hybridized carbons (Fsp3) is 0.360. The van der Waals surface area contributed by atoms with Gasteiger partial charge in [-0.2, -0.15) is 0 Å². The fourth-order valence-electron chi connectivity index (χ4n) is 4.33. The summed E-state index contributed by atoms with van der Waals surface area (Å²) in [5, 5.41) is 3.36. The molecule has 1 saturated heterocycles. The minimum atomic E-state index is -0.0698. The molecule has 1 fully saturated rings. The van der Waals surface area contributed by atoms with Crippen molar-refractivity contribution in [1.82, 2.24) is 10.2 Å². The molecule has 162 valence electrons. The van der Waals surface area contributed by atoms with E-state index in [0.717, 1.165) is 29.8 Å². The first kappa shape index (κ1) is 21.0. The zero-order chi connectivity index (χ0) is 21.8. The molecule has 2 aliphatic rings. The van der Waals surface area contributed by atoms with Crippen LogP contribution in [0.25, 0.3) is 5.70 Å². The number of nitrogens with zero attached hydrogens (tertiary/aromatic N) is 1. The summed E-state index contributed by atoms with van der Waals surface area (Å²) in [5.74, 6) is 1.42. The van der Waals surface area contributed by atoms with E-state index >= 15 is 0 Å². The molecule has 0 aliphatic carbocycles. The van der Waals surface area contributed by atoms with Gasteiger partial charge in [0, 0.05) is 48.5 Å². The number of rotatable bonds is 5. The lowest BCUT2D eigenvalue weighted by Crippen LogP contribution is -2.40. The third kappa shape index (κ3) is 4.43. The van der Waals surface area contributed by atoms with Gasteiger partial charge in [-0.05, 0) is 49.1 Å². The molecule has 4 rings (SSSR count). The summed E-state index contributed by atoms with van der Waals surface area (Å²) < 4.78 is 10.9. The van der Waals surface area contributed by atoms with Gasteiger partial charge >= 0.3 is 0 Å². The number of allylic oxidation sites excluding steroid dienone is 1. The first-order valence-corrected chi connectivity index (χ1v) is 10.7. The second kappa shape index (κ2) is 9.25. The Balaban J connectivity index is 1.45. The van der Waals surface area contributed by atoms with Crippen molar-refractivity contribution in [1.29, 1.82) is 0 Å². The topological polar surface area (TPSA) is 67.9 Å². The smallest absolute Gasteiger partial charge is 0.253 e. The van der Waals surface area contributed by atoms with Gasteiger partial charge in [0.25, 0.3) is 5.91 Å². The van der Waals surface area contributed by atoms with Crippen LogP contribution in [0.5, 0.6) is 11.5 Å². The summed E-state index contributed by atoms with van der Waals surface area (Å²) in [7, 11) is 3.24. The average molecular weight is 421 g/mol. The Kier molecular flexibility index (Phi) is 6.26. The van der Waals surface area contributed by atoms with Crippen LogP contribution in [0.3, 0.4) is 0 Å². The number of likely N-dealkylation sites (tertiary alicyclic amines) is 1. The highest BCUT2D eigenvalue weighted by Crippen LogP contribution is 2.35. The minimum absolute atomic E-state index is 0.0359. The molecule has 0 aromatic heterocycles. The molecule has 2 aromatic rings. The molecule has 0 bridgehead atoms. The number of ether oxygens (including phenoxy) is 2. The standard InChI is InChI=1S/C25H28N2O4/c1-30-23-14-19-8-11-26-21(20(19)15-24(23)31-2)16-22(28)17-9-12-27(13-10-17)25(29)18-6-4-3-5-7-18/h3-7,14-17,26H,8-13H2,1-2H3/b21-16-. The molecule has 0 spiro atoms. The monoisotopic (exact) mass is 420 g/mol. The van der Waals surface area contributed by atoms with Crippen molar-refractivity contribution < 1.29 is 19.1 Å². The molecule has 0 unspecified atom stereocenters. The summed E-state index contributed by atoms with van der Waals surface area (Å²) in [6, 6.07) is 13.2. The van der Waals surface area contributed by atoms with Crippen LogP contribution in [-0.2, 0) is 11.2 Å². The maximum Gasteiger partial charge on any atom is 0.253 e. The quantitative estimate of drug-likeness (QED) is 0.752. The van der Waals surface area contributed by atoms with E-state index in [-0.39, 0.29) is 17.6 Å². The fourth-order valence-corrected chi connectivity index (χ4v) is 4.33. The van der Waals surface area contributed by atoms with Crippen molar-refractivity contribution in [2.45, 2.75) is 19.3 Å². The van der Waals surface area contributed by atoms with E-state index < -0.39 is 0 Å². The number of hydrogen-bond donors (Lipinski definition) is 1. The van der Waals surface area contributed by atoms with Crippen LogP contribution in [-0.4, -0.2) is 50.4 Å². The highest BCUT2D eigenvalue weighted by atomic mass is 16.5. The number of hydrogen-bond acceptors (Lipinski definition) is 5. The van der Waals surface area contributed by atoms with Gasteiger partial charge in [0.2, 0.25) is 0 Å². The summed E-state index contributed by atoms with van der Waals surface area (Å²) in [5.41, 5.74) is 3.64. The summed E-state index contributed by atoms with van der Waals surface area (Å²) in [6.45, 7) is 1.97.